The van der Waals surface area contributed by atoms with Crippen molar-refractivity contribution in [3.8, 4) is 0 Å². The van der Waals surface area contributed by atoms with Gasteiger partial charge in [-0.1, -0.05) is 25.0 Å². The summed E-state index contributed by atoms with van der Waals surface area (Å²) < 4.78 is 13.2. The Labute approximate surface area is 120 Å². The fourth-order valence-electron chi connectivity index (χ4n) is 3.73. The molecule has 20 heavy (non-hydrogen) atoms. The van der Waals surface area contributed by atoms with E-state index in [-0.39, 0.29) is 5.82 Å². The van der Waals surface area contributed by atoms with Crippen LogP contribution in [0.15, 0.2) is 24.3 Å². The van der Waals surface area contributed by atoms with Crippen LogP contribution in [-0.2, 0) is 0 Å². The highest BCUT2D eigenvalue weighted by Gasteiger charge is 2.34. The van der Waals surface area contributed by atoms with Gasteiger partial charge in [0.05, 0.1) is 0 Å². The zero-order chi connectivity index (χ0) is 13.9. The van der Waals surface area contributed by atoms with Crippen molar-refractivity contribution in [2.24, 2.45) is 5.92 Å². The first kappa shape index (κ1) is 14.0. The van der Waals surface area contributed by atoms with E-state index < -0.39 is 0 Å². The van der Waals surface area contributed by atoms with Crippen LogP contribution in [0.5, 0.6) is 0 Å². The standard InChI is InChI=1S/C17H24FNO/c18-15-6-3-5-12(8-15)14-9-16(10-14)19-17-7-2-1-4-13(17)11-20/h3,5-6,8,13-14,16-17,19-20H,1-2,4,7,9-11H2. The van der Waals surface area contributed by atoms with E-state index in [2.05, 4.69) is 5.32 Å². The van der Waals surface area contributed by atoms with Gasteiger partial charge in [-0.2, -0.15) is 0 Å². The molecule has 2 saturated carbocycles. The lowest BCUT2D eigenvalue weighted by Crippen LogP contribution is -2.50. The SMILES string of the molecule is OCC1CCCCC1NC1CC(c2cccc(F)c2)C1. The lowest BCUT2D eigenvalue weighted by atomic mass is 9.74. The zero-order valence-electron chi connectivity index (χ0n) is 11.9. The number of aliphatic hydroxyl groups excluding tert-OH is 1. The van der Waals surface area contributed by atoms with Crippen molar-refractivity contribution in [1.29, 1.82) is 0 Å². The van der Waals surface area contributed by atoms with Crippen molar-refractivity contribution in [3.05, 3.63) is 35.6 Å². The van der Waals surface area contributed by atoms with Gasteiger partial charge in [0.2, 0.25) is 0 Å². The summed E-state index contributed by atoms with van der Waals surface area (Å²) in [7, 11) is 0. The van der Waals surface area contributed by atoms with Crippen LogP contribution in [0.3, 0.4) is 0 Å². The van der Waals surface area contributed by atoms with Gasteiger partial charge in [-0.3, -0.25) is 0 Å². The molecule has 2 nitrogen and oxygen atoms in total. The van der Waals surface area contributed by atoms with Gasteiger partial charge in [0.1, 0.15) is 5.82 Å². The average molecular weight is 277 g/mol. The predicted octanol–water partition coefficient (Wildman–Crippen LogP) is 3.21. The summed E-state index contributed by atoms with van der Waals surface area (Å²) in [6.45, 7) is 0.303. The molecule has 2 aliphatic carbocycles. The van der Waals surface area contributed by atoms with Crippen LogP contribution < -0.4 is 5.32 Å². The third kappa shape index (κ3) is 3.04. The fraction of sp³-hybridized carbons (Fsp3) is 0.647. The first-order chi connectivity index (χ1) is 9.76. The van der Waals surface area contributed by atoms with E-state index in [1.807, 2.05) is 6.07 Å². The molecule has 0 amide bonds. The Morgan fingerprint density at radius 1 is 1.20 bits per heavy atom. The number of aliphatic hydroxyl groups is 1. The molecule has 3 heteroatoms. The van der Waals surface area contributed by atoms with Gasteiger partial charge in [0.15, 0.2) is 0 Å². The molecule has 0 radical (unpaired) electrons. The second-order valence-electron chi connectivity index (χ2n) is 6.42. The van der Waals surface area contributed by atoms with Crippen LogP contribution in [0, 0.1) is 11.7 Å². The Kier molecular flexibility index (Phi) is 4.37. The van der Waals surface area contributed by atoms with E-state index in [1.165, 1.54) is 25.3 Å². The van der Waals surface area contributed by atoms with Crippen LogP contribution in [0.4, 0.5) is 4.39 Å². The largest absolute Gasteiger partial charge is 0.396 e. The minimum absolute atomic E-state index is 0.133. The average Bonchev–Trinajstić information content (AvgIpc) is 2.42. The minimum atomic E-state index is -0.133. The molecule has 0 spiro atoms. The van der Waals surface area contributed by atoms with Gasteiger partial charge in [-0.15, -0.1) is 0 Å². The fourth-order valence-corrected chi connectivity index (χ4v) is 3.73. The Morgan fingerprint density at radius 3 is 2.75 bits per heavy atom. The van der Waals surface area contributed by atoms with Crippen molar-refractivity contribution < 1.29 is 9.50 Å². The van der Waals surface area contributed by atoms with E-state index in [4.69, 9.17) is 0 Å². The molecular weight excluding hydrogens is 253 g/mol. The smallest absolute Gasteiger partial charge is 0.123 e. The molecular formula is C17H24FNO. The first-order valence-electron chi connectivity index (χ1n) is 7.88. The summed E-state index contributed by atoms with van der Waals surface area (Å²) in [6.07, 6.45) is 7.05. The number of hydrogen-bond donors (Lipinski definition) is 2. The van der Waals surface area contributed by atoms with Gasteiger partial charge in [-0.25, -0.2) is 4.39 Å². The van der Waals surface area contributed by atoms with Crippen molar-refractivity contribution >= 4 is 0 Å². The van der Waals surface area contributed by atoms with E-state index >= 15 is 0 Å². The minimum Gasteiger partial charge on any atom is -0.396 e. The molecule has 1 aromatic rings. The topological polar surface area (TPSA) is 32.3 Å². The molecule has 0 heterocycles. The molecule has 2 unspecified atom stereocenters. The second kappa shape index (κ2) is 6.23. The molecule has 3 rings (SSSR count). The van der Waals surface area contributed by atoms with Gasteiger partial charge in [0, 0.05) is 18.7 Å². The number of rotatable bonds is 4. The third-order valence-electron chi connectivity index (χ3n) is 5.05. The first-order valence-corrected chi connectivity index (χ1v) is 7.88. The maximum atomic E-state index is 13.2. The van der Waals surface area contributed by atoms with Crippen LogP contribution in [-0.4, -0.2) is 23.8 Å². The number of benzene rings is 1. The summed E-state index contributed by atoms with van der Waals surface area (Å²) in [4.78, 5) is 0. The van der Waals surface area contributed by atoms with Crippen molar-refractivity contribution in [3.63, 3.8) is 0 Å². The molecule has 1 aromatic carbocycles. The highest BCUT2D eigenvalue weighted by atomic mass is 19.1. The summed E-state index contributed by atoms with van der Waals surface area (Å²) >= 11 is 0. The van der Waals surface area contributed by atoms with E-state index in [0.29, 0.717) is 30.5 Å². The van der Waals surface area contributed by atoms with Crippen molar-refractivity contribution in [1.82, 2.24) is 5.32 Å². The molecule has 0 aliphatic heterocycles. The monoisotopic (exact) mass is 277 g/mol. The lowest BCUT2D eigenvalue weighted by molar-refractivity contribution is 0.130. The highest BCUT2D eigenvalue weighted by Crippen LogP contribution is 2.38. The van der Waals surface area contributed by atoms with Crippen molar-refractivity contribution in [2.75, 3.05) is 6.61 Å². The number of hydrogen-bond acceptors (Lipinski definition) is 2. The van der Waals surface area contributed by atoms with Gasteiger partial charge >= 0.3 is 0 Å². The van der Waals surface area contributed by atoms with Gasteiger partial charge in [-0.05, 0) is 55.2 Å². The Balaban J connectivity index is 1.50. The normalized spacial score (nSPS) is 33.7. The molecule has 110 valence electrons. The highest BCUT2D eigenvalue weighted by molar-refractivity contribution is 5.23. The molecule has 2 fully saturated rings. The summed E-state index contributed by atoms with van der Waals surface area (Å²) in [6, 6.07) is 8.02. The van der Waals surface area contributed by atoms with E-state index in [1.54, 1.807) is 12.1 Å². The Morgan fingerprint density at radius 2 is 2.00 bits per heavy atom. The van der Waals surface area contributed by atoms with Crippen molar-refractivity contribution in [2.45, 2.75) is 56.5 Å². The van der Waals surface area contributed by atoms with Crippen LogP contribution in [0.2, 0.25) is 0 Å². The number of nitrogens with one attached hydrogen (secondary N) is 1. The Bertz CT molecular complexity index is 444. The molecule has 2 N–H and O–H groups in total. The van der Waals surface area contributed by atoms with Gasteiger partial charge < -0.3 is 10.4 Å². The molecule has 0 aromatic heterocycles. The van der Waals surface area contributed by atoms with E-state index in [9.17, 15) is 9.50 Å². The van der Waals surface area contributed by atoms with Crippen LogP contribution in [0.1, 0.15) is 50.0 Å². The Hall–Kier alpha value is -0.930. The second-order valence-corrected chi connectivity index (χ2v) is 6.42. The lowest BCUT2D eigenvalue weighted by Gasteiger charge is -2.41. The summed E-state index contributed by atoms with van der Waals surface area (Å²) in [5.41, 5.74) is 1.13. The molecule has 0 bridgehead atoms. The molecule has 2 aliphatic rings. The molecule has 0 saturated heterocycles. The maximum absolute atomic E-state index is 13.2. The quantitative estimate of drug-likeness (QED) is 0.885. The summed E-state index contributed by atoms with van der Waals surface area (Å²) in [5.74, 6) is 0.794. The van der Waals surface area contributed by atoms with Gasteiger partial charge in [0.25, 0.3) is 0 Å². The molecule has 2 atom stereocenters. The summed E-state index contributed by atoms with van der Waals surface area (Å²) in [5, 5.41) is 13.2. The van der Waals surface area contributed by atoms with Crippen LogP contribution in [0.25, 0.3) is 0 Å². The van der Waals surface area contributed by atoms with E-state index in [0.717, 1.165) is 24.8 Å². The maximum Gasteiger partial charge on any atom is 0.123 e. The zero-order valence-corrected chi connectivity index (χ0v) is 11.9. The predicted molar refractivity (Wildman–Crippen MR) is 78.1 cm³/mol. The van der Waals surface area contributed by atoms with Crippen LogP contribution >= 0.6 is 0 Å². The third-order valence-corrected chi connectivity index (χ3v) is 5.05. The number of halogens is 1.